The lowest BCUT2D eigenvalue weighted by molar-refractivity contribution is 0.0698. The van der Waals surface area contributed by atoms with E-state index in [1.807, 2.05) is 17.5 Å². The Morgan fingerprint density at radius 3 is 2.76 bits per heavy atom. The molecule has 7 heteroatoms. The number of hydrogen-bond acceptors (Lipinski definition) is 3. The highest BCUT2D eigenvalue weighted by atomic mass is 79.9. The molecule has 5 nitrogen and oxygen atoms in total. The highest BCUT2D eigenvalue weighted by Gasteiger charge is 2.15. The van der Waals surface area contributed by atoms with Crippen LogP contribution >= 0.6 is 27.3 Å². The Morgan fingerprint density at radius 1 is 1.38 bits per heavy atom. The van der Waals surface area contributed by atoms with Crippen molar-refractivity contribution >= 4 is 45.0 Å². The molecule has 1 aromatic heterocycles. The molecule has 1 aromatic carbocycles. The molecule has 0 spiro atoms. The summed E-state index contributed by atoms with van der Waals surface area (Å²) in [5.74, 6) is -1.09. The second-order valence-corrected chi connectivity index (χ2v) is 6.31. The van der Waals surface area contributed by atoms with Crippen LogP contribution < -0.4 is 5.32 Å². The van der Waals surface area contributed by atoms with Crippen molar-refractivity contribution in [2.24, 2.45) is 0 Å². The monoisotopic (exact) mass is 368 g/mol. The number of nitrogens with one attached hydrogen (secondary N) is 1. The van der Waals surface area contributed by atoms with E-state index in [9.17, 15) is 9.59 Å². The van der Waals surface area contributed by atoms with Crippen LogP contribution in [-0.2, 0) is 6.54 Å². The third-order valence-electron chi connectivity index (χ3n) is 2.77. The summed E-state index contributed by atoms with van der Waals surface area (Å²) in [5, 5.41) is 13.7. The first-order valence-corrected chi connectivity index (χ1v) is 7.72. The Labute approximate surface area is 134 Å². The first kappa shape index (κ1) is 15.5. The Hall–Kier alpha value is -1.86. The smallest absolute Gasteiger partial charge is 0.337 e. The topological polar surface area (TPSA) is 69.6 Å². The van der Waals surface area contributed by atoms with E-state index in [1.165, 1.54) is 11.0 Å². The Bertz CT molecular complexity index is 658. The zero-order valence-electron chi connectivity index (χ0n) is 11.2. The number of rotatable bonds is 4. The molecule has 0 saturated heterocycles. The molecular weight excluding hydrogens is 356 g/mol. The fourth-order valence-electron chi connectivity index (χ4n) is 1.72. The van der Waals surface area contributed by atoms with Gasteiger partial charge in [0.1, 0.15) is 0 Å². The molecule has 2 amide bonds. The maximum absolute atomic E-state index is 12.1. The minimum Gasteiger partial charge on any atom is -0.478 e. The van der Waals surface area contributed by atoms with Gasteiger partial charge in [-0.25, -0.2) is 9.59 Å². The van der Waals surface area contributed by atoms with Gasteiger partial charge in [0.05, 0.1) is 17.8 Å². The van der Waals surface area contributed by atoms with Crippen molar-refractivity contribution in [3.05, 3.63) is 50.6 Å². The van der Waals surface area contributed by atoms with Crippen molar-refractivity contribution in [2.75, 3.05) is 12.4 Å². The number of nitrogens with zero attached hydrogens (tertiary/aromatic N) is 1. The zero-order chi connectivity index (χ0) is 15.4. The van der Waals surface area contributed by atoms with Gasteiger partial charge >= 0.3 is 12.0 Å². The fourth-order valence-corrected chi connectivity index (χ4v) is 2.84. The predicted molar refractivity (Wildman–Crippen MR) is 85.9 cm³/mol. The molecule has 0 aliphatic rings. The first-order valence-electron chi connectivity index (χ1n) is 6.04. The normalized spacial score (nSPS) is 10.2. The van der Waals surface area contributed by atoms with Gasteiger partial charge in [0.25, 0.3) is 0 Å². The van der Waals surface area contributed by atoms with Crippen LogP contribution in [0.3, 0.4) is 0 Å². The van der Waals surface area contributed by atoms with E-state index in [-0.39, 0.29) is 17.3 Å². The molecule has 2 rings (SSSR count). The van der Waals surface area contributed by atoms with Crippen LogP contribution in [-0.4, -0.2) is 29.1 Å². The molecule has 0 unspecified atom stereocenters. The molecule has 1 heterocycles. The lowest BCUT2D eigenvalue weighted by Gasteiger charge is -2.18. The van der Waals surface area contributed by atoms with E-state index in [2.05, 4.69) is 21.2 Å². The van der Waals surface area contributed by atoms with Crippen LogP contribution in [0.2, 0.25) is 0 Å². The second kappa shape index (κ2) is 6.73. The quantitative estimate of drug-likeness (QED) is 0.860. The Balaban J connectivity index is 2.10. The van der Waals surface area contributed by atoms with Crippen molar-refractivity contribution < 1.29 is 14.7 Å². The van der Waals surface area contributed by atoms with Crippen LogP contribution in [0.25, 0.3) is 0 Å². The van der Waals surface area contributed by atoms with Gasteiger partial charge in [-0.2, -0.15) is 0 Å². The van der Waals surface area contributed by atoms with Crippen molar-refractivity contribution in [1.82, 2.24) is 4.90 Å². The van der Waals surface area contributed by atoms with E-state index >= 15 is 0 Å². The number of urea groups is 1. The molecule has 0 fully saturated rings. The zero-order valence-corrected chi connectivity index (χ0v) is 13.6. The van der Waals surface area contributed by atoms with E-state index in [4.69, 9.17) is 5.11 Å². The van der Waals surface area contributed by atoms with Crippen LogP contribution in [0.5, 0.6) is 0 Å². The summed E-state index contributed by atoms with van der Waals surface area (Å²) in [4.78, 5) is 25.9. The molecule has 2 aromatic rings. The van der Waals surface area contributed by atoms with Gasteiger partial charge in [-0.05, 0) is 29.6 Å². The lowest BCUT2D eigenvalue weighted by atomic mass is 10.2. The highest BCUT2D eigenvalue weighted by Crippen LogP contribution is 2.22. The maximum atomic E-state index is 12.1. The van der Waals surface area contributed by atoms with Gasteiger partial charge in [-0.15, -0.1) is 11.3 Å². The number of carboxylic acid groups (broad SMARTS) is 1. The van der Waals surface area contributed by atoms with Crippen molar-refractivity contribution in [2.45, 2.75) is 6.54 Å². The number of aromatic carboxylic acids is 1. The summed E-state index contributed by atoms with van der Waals surface area (Å²) >= 11 is 4.78. The van der Waals surface area contributed by atoms with Crippen LogP contribution in [0, 0.1) is 0 Å². The summed E-state index contributed by atoms with van der Waals surface area (Å²) in [6.45, 7) is 0.475. The number of carbonyl (C=O) groups excluding carboxylic acids is 1. The molecule has 0 aliphatic heterocycles. The number of carboxylic acids is 1. The lowest BCUT2D eigenvalue weighted by Crippen LogP contribution is -2.31. The number of hydrogen-bond donors (Lipinski definition) is 2. The molecule has 0 atom stereocenters. The summed E-state index contributed by atoms with van der Waals surface area (Å²) in [6, 6.07) is 8.20. The fraction of sp³-hybridized carbons (Fsp3) is 0.143. The summed E-state index contributed by atoms with van der Waals surface area (Å²) in [7, 11) is 1.66. The minimum absolute atomic E-state index is 0.0437. The SMILES string of the molecule is CN(Cc1cccs1)C(=O)Nc1ccc(Br)cc1C(=O)O. The number of amides is 2. The van der Waals surface area contributed by atoms with Gasteiger partial charge < -0.3 is 15.3 Å². The number of anilines is 1. The number of thiophene rings is 1. The summed E-state index contributed by atoms with van der Waals surface area (Å²) in [6.07, 6.45) is 0. The molecule has 21 heavy (non-hydrogen) atoms. The molecule has 0 saturated carbocycles. The van der Waals surface area contributed by atoms with E-state index in [1.54, 1.807) is 30.5 Å². The van der Waals surface area contributed by atoms with E-state index in [0.717, 1.165) is 4.88 Å². The largest absolute Gasteiger partial charge is 0.478 e. The standard InChI is InChI=1S/C14H13BrN2O3S/c1-17(8-10-3-2-6-21-10)14(20)16-12-5-4-9(15)7-11(12)13(18)19/h2-7H,8H2,1H3,(H,16,20)(H,18,19). The number of carbonyl (C=O) groups is 2. The van der Waals surface area contributed by atoms with Crippen molar-refractivity contribution in [3.8, 4) is 0 Å². The second-order valence-electron chi connectivity index (χ2n) is 4.36. The van der Waals surface area contributed by atoms with E-state index in [0.29, 0.717) is 11.0 Å². The predicted octanol–water partition coefficient (Wildman–Crippen LogP) is 3.87. The molecule has 0 radical (unpaired) electrons. The van der Waals surface area contributed by atoms with Gasteiger partial charge in [0.2, 0.25) is 0 Å². The molecule has 2 N–H and O–H groups in total. The summed E-state index contributed by atoms with van der Waals surface area (Å²) in [5.41, 5.74) is 0.316. The summed E-state index contributed by atoms with van der Waals surface area (Å²) < 4.78 is 0.643. The average Bonchev–Trinajstić information content (AvgIpc) is 2.93. The van der Waals surface area contributed by atoms with Gasteiger partial charge in [0.15, 0.2) is 0 Å². The highest BCUT2D eigenvalue weighted by molar-refractivity contribution is 9.10. The first-order chi connectivity index (χ1) is 9.97. The van der Waals surface area contributed by atoms with Gasteiger partial charge in [-0.1, -0.05) is 22.0 Å². The van der Waals surface area contributed by atoms with Crippen LogP contribution in [0.4, 0.5) is 10.5 Å². The number of benzene rings is 1. The molecule has 110 valence electrons. The molecule has 0 bridgehead atoms. The number of halogens is 1. The van der Waals surface area contributed by atoms with Crippen molar-refractivity contribution in [1.29, 1.82) is 0 Å². The third-order valence-corrected chi connectivity index (χ3v) is 4.13. The Kier molecular flexibility index (Phi) is 4.98. The van der Waals surface area contributed by atoms with Gasteiger partial charge in [0, 0.05) is 16.4 Å². The van der Waals surface area contributed by atoms with Crippen molar-refractivity contribution in [3.63, 3.8) is 0 Å². The van der Waals surface area contributed by atoms with Crippen LogP contribution in [0.1, 0.15) is 15.2 Å². The maximum Gasteiger partial charge on any atom is 0.337 e. The van der Waals surface area contributed by atoms with E-state index < -0.39 is 5.97 Å². The third kappa shape index (κ3) is 4.05. The Morgan fingerprint density at radius 2 is 2.14 bits per heavy atom. The minimum atomic E-state index is -1.09. The van der Waals surface area contributed by atoms with Crippen LogP contribution in [0.15, 0.2) is 40.2 Å². The molecular formula is C14H13BrN2O3S. The molecule has 0 aliphatic carbocycles. The van der Waals surface area contributed by atoms with Gasteiger partial charge in [-0.3, -0.25) is 0 Å². The average molecular weight is 369 g/mol.